The Bertz CT molecular complexity index is 333. The van der Waals surface area contributed by atoms with Gasteiger partial charge in [-0.3, -0.25) is 0 Å². The first-order valence-corrected chi connectivity index (χ1v) is 7.30. The molecule has 1 saturated heterocycles. The molecule has 0 aromatic rings. The van der Waals surface area contributed by atoms with E-state index in [1.807, 2.05) is 7.11 Å². The quantitative estimate of drug-likeness (QED) is 0.720. The van der Waals surface area contributed by atoms with Crippen LogP contribution < -0.4 is 0 Å². The van der Waals surface area contributed by atoms with Crippen molar-refractivity contribution >= 4 is 0 Å². The topological polar surface area (TPSA) is 27.7 Å². The fourth-order valence-corrected chi connectivity index (χ4v) is 4.24. The molecule has 0 aromatic heterocycles. The van der Waals surface area contributed by atoms with Crippen LogP contribution in [0.4, 0.5) is 0 Å². The van der Waals surface area contributed by atoms with Crippen molar-refractivity contribution in [3.05, 3.63) is 12.2 Å². The Kier molecular flexibility index (Phi) is 3.25. The predicted molar refractivity (Wildman–Crippen MR) is 69.3 cm³/mol. The van der Waals surface area contributed by atoms with Gasteiger partial charge in [-0.25, -0.2) is 0 Å². The molecule has 3 rings (SSSR count). The van der Waals surface area contributed by atoms with Gasteiger partial charge in [0.15, 0.2) is 0 Å². The van der Waals surface area contributed by atoms with Gasteiger partial charge in [0.2, 0.25) is 5.79 Å². The van der Waals surface area contributed by atoms with E-state index >= 15 is 0 Å². The monoisotopic (exact) mass is 252 g/mol. The van der Waals surface area contributed by atoms with E-state index in [2.05, 4.69) is 19.1 Å². The van der Waals surface area contributed by atoms with Crippen LogP contribution in [0, 0.1) is 11.8 Å². The van der Waals surface area contributed by atoms with E-state index in [1.165, 1.54) is 19.3 Å². The second kappa shape index (κ2) is 4.62. The number of methoxy groups -OCH3 is 1. The second-order valence-electron chi connectivity index (χ2n) is 5.70. The van der Waals surface area contributed by atoms with E-state index < -0.39 is 5.79 Å². The highest BCUT2D eigenvalue weighted by Crippen LogP contribution is 2.63. The third-order valence-electron chi connectivity index (χ3n) is 5.02. The maximum Gasteiger partial charge on any atom is 0.201 e. The summed E-state index contributed by atoms with van der Waals surface area (Å²) >= 11 is 0. The molecule has 2 fully saturated rings. The summed E-state index contributed by atoms with van der Waals surface area (Å²) in [5, 5.41) is 0. The molecule has 0 amide bonds. The SMILES string of the molecule is CCCCC1C2C=CCCC2(OC)C12OCCO2. The Morgan fingerprint density at radius 1 is 1.33 bits per heavy atom. The molecule has 1 saturated carbocycles. The molecule has 3 unspecified atom stereocenters. The van der Waals surface area contributed by atoms with E-state index in [9.17, 15) is 0 Å². The Morgan fingerprint density at radius 2 is 2.11 bits per heavy atom. The second-order valence-corrected chi connectivity index (χ2v) is 5.70. The van der Waals surface area contributed by atoms with Crippen LogP contribution in [0.1, 0.15) is 39.0 Å². The molecule has 0 radical (unpaired) electrons. The number of ether oxygens (including phenoxy) is 3. The van der Waals surface area contributed by atoms with Crippen molar-refractivity contribution < 1.29 is 14.2 Å². The van der Waals surface area contributed by atoms with Gasteiger partial charge in [-0.1, -0.05) is 31.9 Å². The molecule has 1 aliphatic heterocycles. The van der Waals surface area contributed by atoms with Crippen LogP contribution in [0.15, 0.2) is 12.2 Å². The van der Waals surface area contributed by atoms with Crippen LogP contribution in [0.3, 0.4) is 0 Å². The minimum atomic E-state index is -0.452. The number of hydrogen-bond donors (Lipinski definition) is 0. The fourth-order valence-electron chi connectivity index (χ4n) is 4.24. The maximum absolute atomic E-state index is 6.07. The van der Waals surface area contributed by atoms with Gasteiger partial charge in [-0.2, -0.15) is 0 Å². The lowest BCUT2D eigenvalue weighted by atomic mass is 9.51. The van der Waals surface area contributed by atoms with Crippen molar-refractivity contribution in [2.24, 2.45) is 11.8 Å². The Balaban J connectivity index is 1.89. The van der Waals surface area contributed by atoms with Crippen molar-refractivity contribution in [2.75, 3.05) is 20.3 Å². The van der Waals surface area contributed by atoms with Crippen molar-refractivity contribution in [1.29, 1.82) is 0 Å². The van der Waals surface area contributed by atoms with Crippen LogP contribution in [-0.4, -0.2) is 31.7 Å². The van der Waals surface area contributed by atoms with Gasteiger partial charge < -0.3 is 14.2 Å². The third kappa shape index (κ3) is 1.41. The zero-order valence-electron chi connectivity index (χ0n) is 11.5. The minimum Gasteiger partial charge on any atom is -0.372 e. The van der Waals surface area contributed by atoms with Gasteiger partial charge in [0.1, 0.15) is 5.60 Å². The summed E-state index contributed by atoms with van der Waals surface area (Å²) in [5.41, 5.74) is -0.226. The third-order valence-corrected chi connectivity index (χ3v) is 5.02. The van der Waals surface area contributed by atoms with Crippen LogP contribution >= 0.6 is 0 Å². The average Bonchev–Trinajstić information content (AvgIpc) is 2.91. The molecule has 1 spiro atoms. The standard InChI is InChI=1S/C15H24O3/c1-3-4-7-13-12-8-5-6-9-14(12,16-2)15(13)17-10-11-18-15/h5,8,12-13H,3-4,6-7,9-11H2,1-2H3. The van der Waals surface area contributed by atoms with E-state index in [0.29, 0.717) is 25.0 Å². The minimum absolute atomic E-state index is 0.226. The van der Waals surface area contributed by atoms with Gasteiger partial charge in [-0.05, 0) is 19.3 Å². The summed E-state index contributed by atoms with van der Waals surface area (Å²) in [6, 6.07) is 0. The number of hydrogen-bond acceptors (Lipinski definition) is 3. The zero-order chi connectivity index (χ0) is 12.6. The molecule has 3 aliphatic rings. The summed E-state index contributed by atoms with van der Waals surface area (Å²) < 4.78 is 18.1. The van der Waals surface area contributed by atoms with Gasteiger partial charge in [0, 0.05) is 18.9 Å². The molecule has 3 heteroatoms. The predicted octanol–water partition coefficient (Wildman–Crippen LogP) is 2.90. The van der Waals surface area contributed by atoms with Gasteiger partial charge in [0.25, 0.3) is 0 Å². The summed E-state index contributed by atoms with van der Waals surface area (Å²) in [6.07, 6.45) is 10.4. The first-order valence-electron chi connectivity index (χ1n) is 7.30. The van der Waals surface area contributed by atoms with Gasteiger partial charge >= 0.3 is 0 Å². The highest BCUT2D eigenvalue weighted by atomic mass is 16.8. The number of fused-ring (bicyclic) bond motifs is 2. The Morgan fingerprint density at radius 3 is 2.78 bits per heavy atom. The lowest BCUT2D eigenvalue weighted by Crippen LogP contribution is -2.76. The molecular weight excluding hydrogens is 228 g/mol. The highest BCUT2D eigenvalue weighted by molar-refractivity contribution is 5.26. The van der Waals surface area contributed by atoms with E-state index in [1.54, 1.807) is 0 Å². The van der Waals surface area contributed by atoms with Crippen LogP contribution in [0.2, 0.25) is 0 Å². The molecule has 2 aliphatic carbocycles. The van der Waals surface area contributed by atoms with E-state index in [4.69, 9.17) is 14.2 Å². The first-order chi connectivity index (χ1) is 8.81. The molecular formula is C15H24O3. The summed E-state index contributed by atoms with van der Waals surface area (Å²) in [5.74, 6) is 0.490. The van der Waals surface area contributed by atoms with Crippen LogP contribution in [0.25, 0.3) is 0 Å². The normalized spacial score (nSPS) is 40.8. The summed E-state index contributed by atoms with van der Waals surface area (Å²) in [7, 11) is 1.81. The van der Waals surface area contributed by atoms with Crippen molar-refractivity contribution in [3.8, 4) is 0 Å². The average molecular weight is 252 g/mol. The molecule has 3 nitrogen and oxygen atoms in total. The van der Waals surface area contributed by atoms with Crippen LogP contribution in [-0.2, 0) is 14.2 Å². The maximum atomic E-state index is 6.07. The fraction of sp³-hybridized carbons (Fsp3) is 0.867. The van der Waals surface area contributed by atoms with Gasteiger partial charge in [-0.15, -0.1) is 0 Å². The first kappa shape index (κ1) is 12.6. The number of rotatable bonds is 4. The molecule has 102 valence electrons. The highest BCUT2D eigenvalue weighted by Gasteiger charge is 2.75. The molecule has 0 N–H and O–H groups in total. The van der Waals surface area contributed by atoms with Crippen molar-refractivity contribution in [1.82, 2.24) is 0 Å². The van der Waals surface area contributed by atoms with E-state index in [0.717, 1.165) is 12.8 Å². The van der Waals surface area contributed by atoms with Crippen LogP contribution in [0.5, 0.6) is 0 Å². The van der Waals surface area contributed by atoms with Gasteiger partial charge in [0.05, 0.1) is 13.2 Å². The zero-order valence-corrected chi connectivity index (χ0v) is 11.5. The molecule has 0 aromatic carbocycles. The molecule has 3 atom stereocenters. The smallest absolute Gasteiger partial charge is 0.201 e. The number of allylic oxidation sites excluding steroid dienone is 1. The van der Waals surface area contributed by atoms with Crippen molar-refractivity contribution in [3.63, 3.8) is 0 Å². The number of unbranched alkanes of at least 4 members (excludes halogenated alkanes) is 1. The summed E-state index contributed by atoms with van der Waals surface area (Å²) in [6.45, 7) is 3.66. The lowest BCUT2D eigenvalue weighted by molar-refractivity contribution is -0.393. The largest absolute Gasteiger partial charge is 0.372 e. The van der Waals surface area contributed by atoms with Crippen molar-refractivity contribution in [2.45, 2.75) is 50.4 Å². The molecule has 1 heterocycles. The molecule has 18 heavy (non-hydrogen) atoms. The molecule has 0 bridgehead atoms. The lowest BCUT2D eigenvalue weighted by Gasteiger charge is -2.65. The van der Waals surface area contributed by atoms with E-state index in [-0.39, 0.29) is 5.60 Å². The summed E-state index contributed by atoms with van der Waals surface area (Å²) in [4.78, 5) is 0. The Labute approximate surface area is 109 Å². The Hall–Kier alpha value is -0.380.